The monoisotopic (exact) mass is 442 g/mol. The van der Waals surface area contributed by atoms with Crippen molar-refractivity contribution in [3.8, 4) is 11.1 Å². The molecule has 5 nitrogen and oxygen atoms in total. The van der Waals surface area contributed by atoms with Crippen molar-refractivity contribution in [2.45, 2.75) is 45.2 Å². The van der Waals surface area contributed by atoms with Gasteiger partial charge in [-0.3, -0.25) is 4.79 Å². The van der Waals surface area contributed by atoms with E-state index in [-0.39, 0.29) is 17.4 Å². The van der Waals surface area contributed by atoms with Crippen molar-refractivity contribution in [3.05, 3.63) is 88.0 Å². The van der Waals surface area contributed by atoms with Gasteiger partial charge in [-0.2, -0.15) is 5.10 Å². The van der Waals surface area contributed by atoms with Crippen molar-refractivity contribution in [3.63, 3.8) is 0 Å². The van der Waals surface area contributed by atoms with Gasteiger partial charge in [0.25, 0.3) is 0 Å². The van der Waals surface area contributed by atoms with Gasteiger partial charge in [0.2, 0.25) is 0 Å². The average molecular weight is 443 g/mol. The number of aryl methyl sites for hydroxylation is 1. The fourth-order valence-corrected chi connectivity index (χ4v) is 5.23. The number of Topliss-reactive ketones (excluding diaryl/α,β-unsaturated/α-hetero) is 1. The third-order valence-electron chi connectivity index (χ3n) is 5.99. The van der Waals surface area contributed by atoms with Crippen LogP contribution in [0.4, 0.5) is 5.82 Å². The van der Waals surface area contributed by atoms with Crippen LogP contribution in [0.3, 0.4) is 0 Å². The van der Waals surface area contributed by atoms with Crippen molar-refractivity contribution in [2.75, 3.05) is 5.32 Å². The lowest BCUT2D eigenvalue weighted by molar-refractivity contribution is 0.0993. The minimum absolute atomic E-state index is 0.0655. The summed E-state index contributed by atoms with van der Waals surface area (Å²) in [4.78, 5) is 19.1. The van der Waals surface area contributed by atoms with Gasteiger partial charge < -0.3 is 5.32 Å². The summed E-state index contributed by atoms with van der Waals surface area (Å²) < 4.78 is 1.96. The number of rotatable bonds is 5. The average Bonchev–Trinajstić information content (AvgIpc) is 3.41. The van der Waals surface area contributed by atoms with E-state index in [0.29, 0.717) is 12.0 Å². The molecule has 0 radical (unpaired) electrons. The summed E-state index contributed by atoms with van der Waals surface area (Å²) in [7, 11) is 0. The molecule has 5 rings (SSSR count). The minimum Gasteiger partial charge on any atom is -0.360 e. The van der Waals surface area contributed by atoms with Crippen LogP contribution in [0, 0.1) is 6.92 Å². The van der Waals surface area contributed by atoms with Crippen LogP contribution in [0.25, 0.3) is 11.1 Å². The predicted molar refractivity (Wildman–Crippen MR) is 129 cm³/mol. The van der Waals surface area contributed by atoms with Crippen molar-refractivity contribution >= 4 is 22.9 Å². The second kappa shape index (κ2) is 8.02. The standard InChI is InChI=1S/C26H26N4OS/c1-17-15-27-25(32-17)22-14-26(2,3)30-24(29-22)21(16-28-30)23(31)13-18-8-7-11-20(12-18)19-9-5-4-6-10-19/h4-12,15-16,22,29H,13-14H2,1-3H3. The summed E-state index contributed by atoms with van der Waals surface area (Å²) >= 11 is 1.70. The van der Waals surface area contributed by atoms with Gasteiger partial charge in [-0.05, 0) is 43.9 Å². The van der Waals surface area contributed by atoms with E-state index in [9.17, 15) is 4.79 Å². The summed E-state index contributed by atoms with van der Waals surface area (Å²) in [5.74, 6) is 0.860. The van der Waals surface area contributed by atoms with Crippen molar-refractivity contribution < 1.29 is 4.79 Å². The lowest BCUT2D eigenvalue weighted by Crippen LogP contribution is -2.38. The first-order chi connectivity index (χ1) is 15.4. The van der Waals surface area contributed by atoms with Gasteiger partial charge in [-0.15, -0.1) is 11.3 Å². The van der Waals surface area contributed by atoms with E-state index < -0.39 is 0 Å². The molecule has 1 atom stereocenters. The zero-order chi connectivity index (χ0) is 22.3. The second-order valence-corrected chi connectivity index (χ2v) is 10.3. The number of thiazole rings is 1. The van der Waals surface area contributed by atoms with Gasteiger partial charge in [0.05, 0.1) is 23.3 Å². The molecular formula is C26H26N4OS. The third-order valence-corrected chi connectivity index (χ3v) is 7.02. The molecule has 4 aromatic rings. The molecule has 2 aromatic carbocycles. The summed E-state index contributed by atoms with van der Waals surface area (Å²) in [5.41, 5.74) is 3.69. The second-order valence-electron chi connectivity index (χ2n) is 9.01. The van der Waals surface area contributed by atoms with Crippen LogP contribution in [0.2, 0.25) is 0 Å². The molecule has 6 heteroatoms. The molecular weight excluding hydrogens is 416 g/mol. The van der Waals surface area contributed by atoms with Gasteiger partial charge in [0.1, 0.15) is 10.8 Å². The largest absolute Gasteiger partial charge is 0.360 e. The number of nitrogens with zero attached hydrogens (tertiary/aromatic N) is 3. The molecule has 1 unspecified atom stereocenters. The van der Waals surface area contributed by atoms with E-state index >= 15 is 0 Å². The Morgan fingerprint density at radius 2 is 1.91 bits per heavy atom. The number of carbonyl (C=O) groups is 1. The zero-order valence-corrected chi connectivity index (χ0v) is 19.3. The summed E-state index contributed by atoms with van der Waals surface area (Å²) in [6, 6.07) is 18.5. The number of nitrogens with one attached hydrogen (secondary N) is 1. The highest BCUT2D eigenvalue weighted by Gasteiger charge is 2.37. The fourth-order valence-electron chi connectivity index (χ4n) is 4.41. The zero-order valence-electron chi connectivity index (χ0n) is 18.5. The number of hydrogen-bond donors (Lipinski definition) is 1. The van der Waals surface area contributed by atoms with Gasteiger partial charge in [-0.25, -0.2) is 9.67 Å². The van der Waals surface area contributed by atoms with Gasteiger partial charge >= 0.3 is 0 Å². The van der Waals surface area contributed by atoms with Crippen LogP contribution >= 0.6 is 11.3 Å². The lowest BCUT2D eigenvalue weighted by atomic mass is 9.92. The minimum atomic E-state index is -0.212. The van der Waals surface area contributed by atoms with E-state index in [2.05, 4.69) is 60.4 Å². The molecule has 0 spiro atoms. The van der Waals surface area contributed by atoms with Crippen molar-refractivity contribution in [1.82, 2.24) is 14.8 Å². The first-order valence-electron chi connectivity index (χ1n) is 10.9. The Bertz CT molecular complexity index is 1270. The number of benzene rings is 2. The van der Waals surface area contributed by atoms with E-state index in [1.807, 2.05) is 41.2 Å². The maximum atomic E-state index is 13.3. The summed E-state index contributed by atoms with van der Waals surface area (Å²) in [5, 5.41) is 9.20. The quantitative estimate of drug-likeness (QED) is 0.383. The van der Waals surface area contributed by atoms with Crippen LogP contribution < -0.4 is 5.32 Å². The molecule has 2 aromatic heterocycles. The molecule has 0 aliphatic carbocycles. The SMILES string of the molecule is Cc1cnc(C2CC(C)(C)n3ncc(C(=O)Cc4cccc(-c5ccccc5)c4)c3N2)s1. The summed E-state index contributed by atoms with van der Waals surface area (Å²) in [6.07, 6.45) is 4.82. The predicted octanol–water partition coefficient (Wildman–Crippen LogP) is 6.03. The highest BCUT2D eigenvalue weighted by molar-refractivity contribution is 7.11. The number of carbonyl (C=O) groups excluding carboxylic acids is 1. The molecule has 162 valence electrons. The maximum Gasteiger partial charge on any atom is 0.172 e. The van der Waals surface area contributed by atoms with Crippen molar-refractivity contribution in [2.24, 2.45) is 0 Å². The number of hydrogen-bond acceptors (Lipinski definition) is 5. The Labute approximate surface area is 192 Å². The molecule has 1 aliphatic heterocycles. The highest BCUT2D eigenvalue weighted by atomic mass is 32.1. The van der Waals surface area contributed by atoms with Gasteiger partial charge in [0, 0.05) is 17.5 Å². The molecule has 1 N–H and O–H groups in total. The Balaban J connectivity index is 1.42. The van der Waals surface area contributed by atoms with E-state index in [1.54, 1.807) is 17.5 Å². The smallest absolute Gasteiger partial charge is 0.172 e. The lowest BCUT2D eigenvalue weighted by Gasteiger charge is -2.37. The topological polar surface area (TPSA) is 59.8 Å². The number of aromatic nitrogens is 3. The molecule has 0 saturated carbocycles. The van der Waals surface area contributed by atoms with E-state index in [4.69, 9.17) is 0 Å². The van der Waals surface area contributed by atoms with Gasteiger partial charge in [0.15, 0.2) is 5.78 Å². The number of anilines is 1. The molecule has 0 saturated heterocycles. The van der Waals surface area contributed by atoms with Crippen LogP contribution in [0.5, 0.6) is 0 Å². The van der Waals surface area contributed by atoms with Crippen LogP contribution in [0.1, 0.15) is 52.1 Å². The highest BCUT2D eigenvalue weighted by Crippen LogP contribution is 2.41. The maximum absolute atomic E-state index is 13.3. The summed E-state index contributed by atoms with van der Waals surface area (Å²) in [6.45, 7) is 6.39. The number of ketones is 1. The van der Waals surface area contributed by atoms with Crippen LogP contribution in [-0.4, -0.2) is 20.5 Å². The molecule has 3 heterocycles. The first kappa shape index (κ1) is 20.6. The number of fused-ring (bicyclic) bond motifs is 1. The van der Waals surface area contributed by atoms with Crippen LogP contribution in [0.15, 0.2) is 67.0 Å². The Morgan fingerprint density at radius 3 is 2.66 bits per heavy atom. The van der Waals surface area contributed by atoms with Crippen molar-refractivity contribution in [1.29, 1.82) is 0 Å². The molecule has 0 amide bonds. The molecule has 32 heavy (non-hydrogen) atoms. The Kier molecular flexibility index (Phi) is 5.18. The van der Waals surface area contributed by atoms with E-state index in [0.717, 1.165) is 33.9 Å². The molecule has 1 aliphatic rings. The normalized spacial score (nSPS) is 16.9. The van der Waals surface area contributed by atoms with E-state index in [1.165, 1.54) is 4.88 Å². The fraction of sp³-hybridized carbons (Fsp3) is 0.269. The first-order valence-corrected chi connectivity index (χ1v) is 11.7. The van der Waals surface area contributed by atoms with Gasteiger partial charge in [-0.1, -0.05) is 54.6 Å². The molecule has 0 bridgehead atoms. The van der Waals surface area contributed by atoms with Crippen LogP contribution in [-0.2, 0) is 12.0 Å². The third kappa shape index (κ3) is 3.86. The Hall–Kier alpha value is -3.25. The Morgan fingerprint density at radius 1 is 1.12 bits per heavy atom. The molecule has 0 fully saturated rings.